The number of aromatic nitrogens is 2. The standard InChI is InChI=1S/C20H27FN4O.ClH/c1-13(24-19(26)18-6-4-5-11-20(18,3)22)17-12-23-25(14(17)2)16-9-7-15(21)8-10-16;/h7-10,12-13,18H,4-6,11,22H2,1-3H3,(H,24,26);1H. The number of nitrogens with one attached hydrogen (secondary N) is 1. The van der Waals surface area contributed by atoms with Gasteiger partial charge < -0.3 is 11.1 Å². The molecule has 3 N–H and O–H groups in total. The lowest BCUT2D eigenvalue weighted by atomic mass is 9.74. The molecule has 0 saturated heterocycles. The summed E-state index contributed by atoms with van der Waals surface area (Å²) in [5.74, 6) is -0.431. The molecule has 1 saturated carbocycles. The Kier molecular flexibility index (Phi) is 6.65. The first-order valence-electron chi connectivity index (χ1n) is 9.19. The van der Waals surface area contributed by atoms with Crippen molar-refractivity contribution in [3.63, 3.8) is 0 Å². The van der Waals surface area contributed by atoms with Gasteiger partial charge in [0, 0.05) is 16.8 Å². The van der Waals surface area contributed by atoms with Gasteiger partial charge in [0.15, 0.2) is 0 Å². The van der Waals surface area contributed by atoms with Gasteiger partial charge in [-0.25, -0.2) is 9.07 Å². The van der Waals surface area contributed by atoms with Crippen molar-refractivity contribution in [2.45, 2.75) is 58.0 Å². The van der Waals surface area contributed by atoms with E-state index in [0.29, 0.717) is 0 Å². The molecule has 1 amide bonds. The van der Waals surface area contributed by atoms with Crippen LogP contribution in [0.2, 0.25) is 0 Å². The van der Waals surface area contributed by atoms with Crippen molar-refractivity contribution in [3.8, 4) is 5.69 Å². The van der Waals surface area contributed by atoms with Crippen LogP contribution < -0.4 is 11.1 Å². The summed E-state index contributed by atoms with van der Waals surface area (Å²) in [6, 6.07) is 6.02. The zero-order valence-electron chi connectivity index (χ0n) is 16.0. The molecular formula is C20H28ClFN4O. The van der Waals surface area contributed by atoms with Crippen LogP contribution in [0.3, 0.4) is 0 Å². The van der Waals surface area contributed by atoms with E-state index in [0.717, 1.165) is 42.6 Å². The van der Waals surface area contributed by atoms with E-state index >= 15 is 0 Å². The predicted molar refractivity (Wildman–Crippen MR) is 107 cm³/mol. The topological polar surface area (TPSA) is 72.9 Å². The second-order valence-electron chi connectivity index (χ2n) is 7.61. The number of rotatable bonds is 4. The molecule has 1 aliphatic carbocycles. The summed E-state index contributed by atoms with van der Waals surface area (Å²) < 4.78 is 14.9. The van der Waals surface area contributed by atoms with Gasteiger partial charge in [-0.3, -0.25) is 4.79 Å². The van der Waals surface area contributed by atoms with E-state index in [2.05, 4.69) is 10.4 Å². The second-order valence-corrected chi connectivity index (χ2v) is 7.61. The number of hydrogen-bond acceptors (Lipinski definition) is 3. The van der Waals surface area contributed by atoms with Gasteiger partial charge in [0.05, 0.1) is 23.8 Å². The molecule has 1 aromatic carbocycles. The monoisotopic (exact) mass is 394 g/mol. The van der Waals surface area contributed by atoms with Gasteiger partial charge in [0.2, 0.25) is 5.91 Å². The van der Waals surface area contributed by atoms with E-state index in [4.69, 9.17) is 5.73 Å². The third-order valence-electron chi connectivity index (χ3n) is 5.52. The predicted octanol–water partition coefficient (Wildman–Crippen LogP) is 3.83. The number of halogens is 2. The molecule has 5 nitrogen and oxygen atoms in total. The molecule has 0 spiro atoms. The van der Waals surface area contributed by atoms with E-state index in [1.165, 1.54) is 12.1 Å². The van der Waals surface area contributed by atoms with Gasteiger partial charge in [-0.15, -0.1) is 12.4 Å². The minimum Gasteiger partial charge on any atom is -0.349 e. The van der Waals surface area contributed by atoms with E-state index in [1.54, 1.807) is 23.0 Å². The maximum atomic E-state index is 13.1. The zero-order chi connectivity index (χ0) is 18.9. The molecule has 7 heteroatoms. The summed E-state index contributed by atoms with van der Waals surface area (Å²) in [5, 5.41) is 7.51. The van der Waals surface area contributed by atoms with Crippen molar-refractivity contribution in [1.82, 2.24) is 15.1 Å². The first-order chi connectivity index (χ1) is 12.3. The third-order valence-corrected chi connectivity index (χ3v) is 5.52. The van der Waals surface area contributed by atoms with Crippen molar-refractivity contribution in [1.29, 1.82) is 0 Å². The molecule has 1 fully saturated rings. The van der Waals surface area contributed by atoms with Crippen LogP contribution in [0, 0.1) is 18.7 Å². The molecule has 0 radical (unpaired) electrons. The molecule has 3 unspecified atom stereocenters. The number of nitrogens with two attached hydrogens (primary N) is 1. The highest BCUT2D eigenvalue weighted by Crippen LogP contribution is 2.32. The molecular weight excluding hydrogens is 367 g/mol. The van der Waals surface area contributed by atoms with Crippen molar-refractivity contribution in [3.05, 3.63) is 47.5 Å². The summed E-state index contributed by atoms with van der Waals surface area (Å²) in [4.78, 5) is 12.8. The van der Waals surface area contributed by atoms with Crippen molar-refractivity contribution >= 4 is 18.3 Å². The Morgan fingerprint density at radius 2 is 2.04 bits per heavy atom. The minimum absolute atomic E-state index is 0. The molecule has 1 aromatic heterocycles. The number of carbonyl (C=O) groups is 1. The van der Waals surface area contributed by atoms with Crippen molar-refractivity contribution in [2.75, 3.05) is 0 Å². The fourth-order valence-corrected chi connectivity index (χ4v) is 3.87. The van der Waals surface area contributed by atoms with Crippen LogP contribution in [-0.4, -0.2) is 21.2 Å². The number of amides is 1. The third kappa shape index (κ3) is 4.50. The summed E-state index contributed by atoms with van der Waals surface area (Å²) >= 11 is 0. The molecule has 27 heavy (non-hydrogen) atoms. The van der Waals surface area contributed by atoms with Crippen molar-refractivity contribution < 1.29 is 9.18 Å². The van der Waals surface area contributed by atoms with Gasteiger partial charge in [-0.05, 0) is 57.9 Å². The smallest absolute Gasteiger partial charge is 0.225 e. The maximum absolute atomic E-state index is 13.1. The highest BCUT2D eigenvalue weighted by Gasteiger charge is 2.38. The van der Waals surface area contributed by atoms with E-state index in [-0.39, 0.29) is 36.1 Å². The summed E-state index contributed by atoms with van der Waals surface area (Å²) in [6.07, 6.45) is 5.59. The molecule has 1 heterocycles. The van der Waals surface area contributed by atoms with E-state index in [9.17, 15) is 9.18 Å². The first-order valence-corrected chi connectivity index (χ1v) is 9.19. The summed E-state index contributed by atoms with van der Waals surface area (Å²) in [5.41, 5.74) is 8.55. The molecule has 0 bridgehead atoms. The Hall–Kier alpha value is -1.92. The average molecular weight is 395 g/mol. The first kappa shape index (κ1) is 21.4. The Labute approximate surface area is 165 Å². The second kappa shape index (κ2) is 8.40. The fraction of sp³-hybridized carbons (Fsp3) is 0.500. The van der Waals surface area contributed by atoms with Crippen LogP contribution >= 0.6 is 12.4 Å². The normalized spacial score (nSPS) is 23.4. The number of carbonyl (C=O) groups excluding carboxylic acids is 1. The summed E-state index contributed by atoms with van der Waals surface area (Å²) in [6.45, 7) is 5.87. The number of benzene rings is 1. The molecule has 0 aliphatic heterocycles. The lowest BCUT2D eigenvalue weighted by Gasteiger charge is -2.37. The molecule has 2 aromatic rings. The van der Waals surface area contributed by atoms with E-state index < -0.39 is 5.54 Å². The van der Waals surface area contributed by atoms with Gasteiger partial charge >= 0.3 is 0 Å². The van der Waals surface area contributed by atoms with Gasteiger partial charge in [-0.2, -0.15) is 5.10 Å². The largest absolute Gasteiger partial charge is 0.349 e. The Morgan fingerprint density at radius 1 is 1.37 bits per heavy atom. The summed E-state index contributed by atoms with van der Waals surface area (Å²) in [7, 11) is 0. The molecule has 3 rings (SSSR count). The van der Waals surface area contributed by atoms with Crippen LogP contribution in [0.1, 0.15) is 56.8 Å². The van der Waals surface area contributed by atoms with Crippen molar-refractivity contribution in [2.24, 2.45) is 11.7 Å². The molecule has 3 atom stereocenters. The van der Waals surface area contributed by atoms with Gasteiger partial charge in [0.25, 0.3) is 0 Å². The Bertz CT molecular complexity index is 788. The highest BCUT2D eigenvalue weighted by molar-refractivity contribution is 5.85. The zero-order valence-corrected chi connectivity index (χ0v) is 16.9. The quantitative estimate of drug-likeness (QED) is 0.827. The Balaban J connectivity index is 0.00000261. The van der Waals surface area contributed by atoms with Crippen LogP contribution in [0.4, 0.5) is 4.39 Å². The fourth-order valence-electron chi connectivity index (χ4n) is 3.87. The number of hydrogen-bond donors (Lipinski definition) is 2. The Morgan fingerprint density at radius 3 is 2.67 bits per heavy atom. The SMILES string of the molecule is Cc1c(C(C)NC(=O)C2CCCCC2(C)N)cnn1-c1ccc(F)cc1.Cl. The number of nitrogens with zero attached hydrogens (tertiary/aromatic N) is 2. The maximum Gasteiger partial charge on any atom is 0.225 e. The lowest BCUT2D eigenvalue weighted by Crippen LogP contribution is -2.53. The molecule has 148 valence electrons. The van der Waals surface area contributed by atoms with E-state index in [1.807, 2.05) is 20.8 Å². The average Bonchev–Trinajstić information content (AvgIpc) is 2.96. The minimum atomic E-state index is -0.449. The van der Waals surface area contributed by atoms with Gasteiger partial charge in [-0.1, -0.05) is 12.8 Å². The van der Waals surface area contributed by atoms with Crippen LogP contribution in [0.5, 0.6) is 0 Å². The highest BCUT2D eigenvalue weighted by atomic mass is 35.5. The van der Waals surface area contributed by atoms with Crippen LogP contribution in [0.25, 0.3) is 5.69 Å². The van der Waals surface area contributed by atoms with Crippen LogP contribution in [0.15, 0.2) is 30.5 Å². The van der Waals surface area contributed by atoms with Crippen LogP contribution in [-0.2, 0) is 4.79 Å². The van der Waals surface area contributed by atoms with Gasteiger partial charge in [0.1, 0.15) is 5.82 Å². The molecule has 1 aliphatic rings. The lowest BCUT2D eigenvalue weighted by molar-refractivity contribution is -0.128.